The van der Waals surface area contributed by atoms with Gasteiger partial charge in [-0.2, -0.15) is 0 Å². The number of rotatable bonds is 10. The zero-order valence-electron chi connectivity index (χ0n) is 16.7. The normalized spacial score (nSPS) is 14.7. The lowest BCUT2D eigenvalue weighted by Crippen LogP contribution is -2.48. The Bertz CT molecular complexity index is 364. The van der Waals surface area contributed by atoms with E-state index in [1.165, 1.54) is 0 Å². The Hall–Kier alpha value is -0.613. The Morgan fingerprint density at radius 2 is 1.48 bits per heavy atom. The zero-order valence-corrected chi connectivity index (χ0v) is 17.7. The predicted molar refractivity (Wildman–Crippen MR) is 101 cm³/mol. The Labute approximate surface area is 145 Å². The Morgan fingerprint density at radius 1 is 1.00 bits per heavy atom. The monoisotopic (exact) mass is 342 g/mol. The zero-order chi connectivity index (χ0) is 18.2. The van der Waals surface area contributed by atoms with Crippen LogP contribution in [0.15, 0.2) is 11.6 Å². The van der Waals surface area contributed by atoms with E-state index in [1.807, 2.05) is 19.9 Å². The largest absolute Gasteiger partial charge is 0.463 e. The van der Waals surface area contributed by atoms with Crippen molar-refractivity contribution in [3.63, 3.8) is 0 Å². The van der Waals surface area contributed by atoms with Crippen molar-refractivity contribution in [3.05, 3.63) is 11.6 Å². The fourth-order valence-electron chi connectivity index (χ4n) is 3.70. The van der Waals surface area contributed by atoms with Crippen LogP contribution in [-0.2, 0) is 14.0 Å². The summed E-state index contributed by atoms with van der Waals surface area (Å²) >= 11 is 0. The molecule has 0 aliphatic heterocycles. The van der Waals surface area contributed by atoms with Crippen molar-refractivity contribution in [2.24, 2.45) is 5.92 Å². The molecule has 0 aromatic carbocycles. The summed E-state index contributed by atoms with van der Waals surface area (Å²) in [6.07, 6.45) is 2.99. The van der Waals surface area contributed by atoms with Gasteiger partial charge >= 0.3 is 5.97 Å². The van der Waals surface area contributed by atoms with Crippen LogP contribution in [0.5, 0.6) is 0 Å². The van der Waals surface area contributed by atoms with Crippen molar-refractivity contribution in [3.8, 4) is 0 Å². The third-order valence-corrected chi connectivity index (χ3v) is 10.9. The fraction of sp³-hybridized carbons (Fsp3) is 0.842. The number of carbonyl (C=O) groups excluding carboxylic acids is 1. The van der Waals surface area contributed by atoms with Gasteiger partial charge in [-0.3, -0.25) is 0 Å². The van der Waals surface area contributed by atoms with E-state index in [4.69, 9.17) is 9.16 Å². The summed E-state index contributed by atoms with van der Waals surface area (Å²) in [5.41, 5.74) is 2.42. The number of hydrogen-bond acceptors (Lipinski definition) is 3. The Morgan fingerprint density at radius 3 is 1.83 bits per heavy atom. The van der Waals surface area contributed by atoms with Gasteiger partial charge in [-0.15, -0.1) is 0 Å². The van der Waals surface area contributed by atoms with Crippen molar-refractivity contribution in [1.29, 1.82) is 0 Å². The van der Waals surface area contributed by atoms with E-state index in [-0.39, 0.29) is 11.9 Å². The number of hydrogen-bond donors (Lipinski definition) is 0. The lowest BCUT2D eigenvalue weighted by atomic mass is 10.0. The van der Waals surface area contributed by atoms with E-state index in [9.17, 15) is 4.79 Å². The molecule has 0 saturated carbocycles. The number of carbonyl (C=O) groups is 1. The van der Waals surface area contributed by atoms with Gasteiger partial charge in [0.1, 0.15) is 0 Å². The smallest absolute Gasteiger partial charge is 0.333 e. The molecule has 136 valence electrons. The minimum absolute atomic E-state index is 0.217. The summed E-state index contributed by atoms with van der Waals surface area (Å²) in [5, 5.41) is 0. The van der Waals surface area contributed by atoms with Gasteiger partial charge in [0.15, 0.2) is 8.32 Å². The third-order valence-electron chi connectivity index (χ3n) is 4.86. The van der Waals surface area contributed by atoms with Gasteiger partial charge in [0.05, 0.1) is 6.61 Å². The maximum absolute atomic E-state index is 11.8. The van der Waals surface area contributed by atoms with Gasteiger partial charge in [-0.1, -0.05) is 54.5 Å². The van der Waals surface area contributed by atoms with Gasteiger partial charge < -0.3 is 9.16 Å². The van der Waals surface area contributed by atoms with Crippen LogP contribution in [0.1, 0.15) is 68.7 Å². The molecule has 1 atom stereocenters. The van der Waals surface area contributed by atoms with Gasteiger partial charge in [0, 0.05) is 12.2 Å². The highest BCUT2D eigenvalue weighted by Crippen LogP contribution is 2.42. The number of esters is 1. The second-order valence-electron chi connectivity index (χ2n) is 7.37. The maximum atomic E-state index is 11.8. The second kappa shape index (κ2) is 10.3. The minimum atomic E-state index is -1.85. The van der Waals surface area contributed by atoms with E-state index in [0.717, 1.165) is 6.42 Å². The van der Waals surface area contributed by atoms with Crippen molar-refractivity contribution < 1.29 is 14.0 Å². The molecule has 3 nitrogen and oxygen atoms in total. The van der Waals surface area contributed by atoms with Crippen LogP contribution in [0.2, 0.25) is 16.6 Å². The van der Waals surface area contributed by atoms with E-state index in [2.05, 4.69) is 48.5 Å². The molecule has 0 N–H and O–H groups in total. The van der Waals surface area contributed by atoms with Crippen LogP contribution in [0.25, 0.3) is 0 Å². The molecule has 0 fully saturated rings. The summed E-state index contributed by atoms with van der Waals surface area (Å²) in [6.45, 7) is 20.7. The molecule has 0 unspecified atom stereocenters. The van der Waals surface area contributed by atoms with Crippen LogP contribution in [0.3, 0.4) is 0 Å². The van der Waals surface area contributed by atoms with Crippen molar-refractivity contribution in [1.82, 2.24) is 0 Å². The topological polar surface area (TPSA) is 35.5 Å². The third kappa shape index (κ3) is 6.07. The Balaban J connectivity index is 5.12. The first-order chi connectivity index (χ1) is 10.6. The molecule has 23 heavy (non-hydrogen) atoms. The first kappa shape index (κ1) is 22.4. The molecule has 0 aromatic rings. The molecular formula is C19H38O3Si. The molecule has 0 rings (SSSR count). The lowest BCUT2D eigenvalue weighted by molar-refractivity contribution is -0.138. The van der Waals surface area contributed by atoms with Crippen LogP contribution in [-0.4, -0.2) is 27.5 Å². The van der Waals surface area contributed by atoms with E-state index < -0.39 is 8.32 Å². The summed E-state index contributed by atoms with van der Waals surface area (Å²) in [7, 11) is -1.85. The summed E-state index contributed by atoms with van der Waals surface area (Å²) < 4.78 is 11.7. The van der Waals surface area contributed by atoms with E-state index in [1.54, 1.807) is 0 Å². The SMILES string of the molecule is CCOC(=O)/C(C)=C/[C@@H](CC)CO[Si](C(C)C)(C(C)C)C(C)C. The molecule has 0 saturated heterocycles. The lowest BCUT2D eigenvalue weighted by Gasteiger charge is -2.42. The van der Waals surface area contributed by atoms with Crippen LogP contribution >= 0.6 is 0 Å². The average molecular weight is 343 g/mol. The van der Waals surface area contributed by atoms with Crippen molar-refractivity contribution in [2.45, 2.75) is 85.4 Å². The van der Waals surface area contributed by atoms with E-state index in [0.29, 0.717) is 35.4 Å². The summed E-state index contributed by atoms with van der Waals surface area (Å²) in [6, 6.07) is 0. The maximum Gasteiger partial charge on any atom is 0.333 e. The average Bonchev–Trinajstić information content (AvgIpc) is 2.45. The van der Waals surface area contributed by atoms with Gasteiger partial charge in [0.25, 0.3) is 0 Å². The highest BCUT2D eigenvalue weighted by molar-refractivity contribution is 6.77. The quantitative estimate of drug-likeness (QED) is 0.289. The summed E-state index contributed by atoms with van der Waals surface area (Å²) in [4.78, 5) is 11.8. The van der Waals surface area contributed by atoms with Crippen molar-refractivity contribution >= 4 is 14.3 Å². The summed E-state index contributed by atoms with van der Waals surface area (Å²) in [5.74, 6) is 0.0496. The molecule has 0 spiro atoms. The molecule has 0 heterocycles. The first-order valence-corrected chi connectivity index (χ1v) is 11.3. The minimum Gasteiger partial charge on any atom is -0.463 e. The molecule has 0 bridgehead atoms. The van der Waals surface area contributed by atoms with Crippen LogP contribution < -0.4 is 0 Å². The highest BCUT2D eigenvalue weighted by atomic mass is 28.4. The van der Waals surface area contributed by atoms with Gasteiger partial charge in [-0.25, -0.2) is 4.79 Å². The second-order valence-corrected chi connectivity index (χ2v) is 12.8. The van der Waals surface area contributed by atoms with Crippen molar-refractivity contribution in [2.75, 3.05) is 13.2 Å². The number of ether oxygens (including phenoxy) is 1. The van der Waals surface area contributed by atoms with Crippen LogP contribution in [0, 0.1) is 5.92 Å². The van der Waals surface area contributed by atoms with Crippen LogP contribution in [0.4, 0.5) is 0 Å². The van der Waals surface area contributed by atoms with E-state index >= 15 is 0 Å². The van der Waals surface area contributed by atoms with Gasteiger partial charge in [-0.05, 0) is 42.8 Å². The predicted octanol–water partition coefficient (Wildman–Crippen LogP) is 5.71. The molecule has 0 radical (unpaired) electrons. The molecular weight excluding hydrogens is 304 g/mol. The molecule has 4 heteroatoms. The fourth-order valence-corrected chi connectivity index (χ4v) is 9.20. The highest BCUT2D eigenvalue weighted by Gasteiger charge is 2.45. The first-order valence-electron chi connectivity index (χ1n) is 9.12. The molecule has 0 aromatic heterocycles. The van der Waals surface area contributed by atoms with Gasteiger partial charge in [0.2, 0.25) is 0 Å². The molecule has 0 amide bonds. The Kier molecular flexibility index (Phi) is 10.0. The molecule has 0 aliphatic carbocycles. The molecule has 0 aliphatic rings. The standard InChI is InChI=1S/C19H38O3Si/c1-10-18(12-17(9)19(20)21-11-2)13-22-23(14(3)4,15(5)6)16(7)8/h12,14-16,18H,10-11,13H2,1-9H3/b17-12+/t18-/m1/s1.